The standard InChI is InChI=1S/C13H18BrNO2/c1-8-6-9(16-2)12(17-3)10(11(8)14)13(7-15)4-5-13/h6H,4-5,7,15H2,1-3H3. The Hall–Kier alpha value is -0.740. The van der Waals surface area contributed by atoms with E-state index in [4.69, 9.17) is 15.2 Å². The molecular formula is C13H18BrNO2. The van der Waals surface area contributed by atoms with Gasteiger partial charge in [-0.05, 0) is 31.4 Å². The van der Waals surface area contributed by atoms with Gasteiger partial charge < -0.3 is 15.2 Å². The average Bonchev–Trinajstić information content (AvgIpc) is 3.12. The molecule has 0 radical (unpaired) electrons. The van der Waals surface area contributed by atoms with Gasteiger partial charge in [0.1, 0.15) is 0 Å². The van der Waals surface area contributed by atoms with Crippen molar-refractivity contribution in [3.8, 4) is 11.5 Å². The van der Waals surface area contributed by atoms with Crippen molar-refractivity contribution < 1.29 is 9.47 Å². The summed E-state index contributed by atoms with van der Waals surface area (Å²) >= 11 is 3.66. The molecule has 2 N–H and O–H groups in total. The lowest BCUT2D eigenvalue weighted by Gasteiger charge is -2.22. The number of rotatable bonds is 4. The number of halogens is 1. The zero-order valence-electron chi connectivity index (χ0n) is 10.5. The maximum absolute atomic E-state index is 5.92. The monoisotopic (exact) mass is 299 g/mol. The molecule has 0 heterocycles. The van der Waals surface area contributed by atoms with Crippen molar-refractivity contribution in [1.29, 1.82) is 0 Å². The lowest BCUT2D eigenvalue weighted by molar-refractivity contribution is 0.347. The fourth-order valence-corrected chi connectivity index (χ4v) is 3.00. The molecule has 0 aliphatic heterocycles. The van der Waals surface area contributed by atoms with Crippen LogP contribution in [-0.4, -0.2) is 20.8 Å². The van der Waals surface area contributed by atoms with Crippen LogP contribution in [0.15, 0.2) is 10.5 Å². The summed E-state index contributed by atoms with van der Waals surface area (Å²) in [6.07, 6.45) is 2.23. The van der Waals surface area contributed by atoms with E-state index < -0.39 is 0 Å². The van der Waals surface area contributed by atoms with Crippen molar-refractivity contribution in [1.82, 2.24) is 0 Å². The molecule has 0 saturated heterocycles. The predicted molar refractivity (Wildman–Crippen MR) is 71.9 cm³/mol. The minimum atomic E-state index is 0.0729. The van der Waals surface area contributed by atoms with E-state index in [-0.39, 0.29) is 5.41 Å². The number of nitrogens with two attached hydrogens (primary N) is 1. The number of methoxy groups -OCH3 is 2. The molecule has 0 atom stereocenters. The van der Waals surface area contributed by atoms with E-state index in [1.807, 2.05) is 6.07 Å². The van der Waals surface area contributed by atoms with Gasteiger partial charge in [0.05, 0.1) is 14.2 Å². The van der Waals surface area contributed by atoms with Gasteiger partial charge in [0, 0.05) is 22.0 Å². The van der Waals surface area contributed by atoms with E-state index in [0.717, 1.165) is 34.4 Å². The lowest BCUT2D eigenvalue weighted by Crippen LogP contribution is -2.21. The van der Waals surface area contributed by atoms with Gasteiger partial charge in [-0.2, -0.15) is 0 Å². The normalized spacial score (nSPS) is 16.8. The third kappa shape index (κ3) is 1.93. The van der Waals surface area contributed by atoms with Crippen molar-refractivity contribution in [2.45, 2.75) is 25.2 Å². The van der Waals surface area contributed by atoms with Crippen LogP contribution in [0.1, 0.15) is 24.0 Å². The van der Waals surface area contributed by atoms with Crippen LogP contribution in [0.4, 0.5) is 0 Å². The van der Waals surface area contributed by atoms with Gasteiger partial charge in [0.2, 0.25) is 0 Å². The average molecular weight is 300 g/mol. The fourth-order valence-electron chi connectivity index (χ4n) is 2.28. The van der Waals surface area contributed by atoms with Gasteiger partial charge in [-0.1, -0.05) is 15.9 Å². The summed E-state index contributed by atoms with van der Waals surface area (Å²) in [5.41, 5.74) is 8.31. The molecule has 3 nitrogen and oxygen atoms in total. The van der Waals surface area contributed by atoms with Crippen molar-refractivity contribution in [2.24, 2.45) is 5.73 Å². The topological polar surface area (TPSA) is 44.5 Å². The Morgan fingerprint density at radius 2 is 2.00 bits per heavy atom. The smallest absolute Gasteiger partial charge is 0.165 e. The largest absolute Gasteiger partial charge is 0.493 e. The third-order valence-corrected chi connectivity index (χ3v) is 4.58. The molecule has 2 rings (SSSR count). The first-order chi connectivity index (χ1) is 8.09. The number of hydrogen-bond acceptors (Lipinski definition) is 3. The highest BCUT2D eigenvalue weighted by molar-refractivity contribution is 9.10. The highest BCUT2D eigenvalue weighted by Crippen LogP contribution is 2.55. The first-order valence-electron chi connectivity index (χ1n) is 5.71. The second-order valence-electron chi connectivity index (χ2n) is 4.60. The molecule has 1 aromatic carbocycles. The van der Waals surface area contributed by atoms with E-state index in [9.17, 15) is 0 Å². The molecule has 4 heteroatoms. The quantitative estimate of drug-likeness (QED) is 0.930. The summed E-state index contributed by atoms with van der Waals surface area (Å²) < 4.78 is 12.0. The van der Waals surface area contributed by atoms with Crippen LogP contribution in [0.5, 0.6) is 11.5 Å². The molecule has 1 fully saturated rings. The predicted octanol–water partition coefficient (Wildman–Crippen LogP) is 2.77. The summed E-state index contributed by atoms with van der Waals surface area (Å²) in [6, 6.07) is 1.99. The molecule has 17 heavy (non-hydrogen) atoms. The minimum Gasteiger partial charge on any atom is -0.493 e. The Bertz CT molecular complexity index is 442. The molecular weight excluding hydrogens is 282 g/mol. The molecule has 0 unspecified atom stereocenters. The molecule has 1 aromatic rings. The SMILES string of the molecule is COc1cc(C)c(Br)c(C2(CN)CC2)c1OC. The third-order valence-electron chi connectivity index (χ3n) is 3.56. The highest BCUT2D eigenvalue weighted by atomic mass is 79.9. The summed E-state index contributed by atoms with van der Waals surface area (Å²) in [5, 5.41) is 0. The van der Waals surface area contributed by atoms with Gasteiger partial charge in [0.25, 0.3) is 0 Å². The Labute approximate surface area is 110 Å². The van der Waals surface area contributed by atoms with Crippen LogP contribution in [0.25, 0.3) is 0 Å². The Balaban J connectivity index is 2.66. The summed E-state index contributed by atoms with van der Waals surface area (Å²) in [5.74, 6) is 1.59. The Morgan fingerprint density at radius 3 is 2.41 bits per heavy atom. The molecule has 0 amide bonds. The Kier molecular flexibility index (Phi) is 3.36. The molecule has 0 spiro atoms. The molecule has 0 bridgehead atoms. The first kappa shape index (κ1) is 12.7. The summed E-state index contributed by atoms with van der Waals surface area (Å²) in [4.78, 5) is 0. The van der Waals surface area contributed by atoms with Crippen LogP contribution >= 0.6 is 15.9 Å². The van der Waals surface area contributed by atoms with Gasteiger partial charge in [-0.25, -0.2) is 0 Å². The zero-order chi connectivity index (χ0) is 12.6. The zero-order valence-corrected chi connectivity index (χ0v) is 12.1. The number of hydrogen-bond donors (Lipinski definition) is 1. The summed E-state index contributed by atoms with van der Waals surface area (Å²) in [6.45, 7) is 2.71. The molecule has 1 aliphatic rings. The van der Waals surface area contributed by atoms with Crippen molar-refractivity contribution in [3.63, 3.8) is 0 Å². The highest BCUT2D eigenvalue weighted by Gasteiger charge is 2.47. The molecule has 1 aliphatic carbocycles. The molecule has 94 valence electrons. The van der Waals surface area contributed by atoms with E-state index in [2.05, 4.69) is 22.9 Å². The van der Waals surface area contributed by atoms with Gasteiger partial charge >= 0.3 is 0 Å². The van der Waals surface area contributed by atoms with Crippen molar-refractivity contribution in [3.05, 3.63) is 21.7 Å². The van der Waals surface area contributed by atoms with Crippen LogP contribution in [-0.2, 0) is 5.41 Å². The fraction of sp³-hybridized carbons (Fsp3) is 0.538. The van der Waals surface area contributed by atoms with Crippen LogP contribution in [0.3, 0.4) is 0 Å². The van der Waals surface area contributed by atoms with Gasteiger partial charge in [-0.15, -0.1) is 0 Å². The van der Waals surface area contributed by atoms with Gasteiger partial charge in [0.15, 0.2) is 11.5 Å². The maximum atomic E-state index is 5.92. The molecule has 1 saturated carbocycles. The van der Waals surface area contributed by atoms with Crippen LogP contribution < -0.4 is 15.2 Å². The number of aryl methyl sites for hydroxylation is 1. The lowest BCUT2D eigenvalue weighted by atomic mass is 9.93. The number of ether oxygens (including phenoxy) is 2. The van der Waals surface area contributed by atoms with Gasteiger partial charge in [-0.3, -0.25) is 0 Å². The maximum Gasteiger partial charge on any atom is 0.165 e. The first-order valence-corrected chi connectivity index (χ1v) is 6.50. The van der Waals surface area contributed by atoms with E-state index in [1.165, 1.54) is 5.56 Å². The molecule has 0 aromatic heterocycles. The second-order valence-corrected chi connectivity index (χ2v) is 5.40. The van der Waals surface area contributed by atoms with Crippen molar-refractivity contribution >= 4 is 15.9 Å². The number of benzene rings is 1. The second kappa shape index (κ2) is 4.50. The summed E-state index contributed by atoms with van der Waals surface area (Å²) in [7, 11) is 3.34. The Morgan fingerprint density at radius 1 is 1.35 bits per heavy atom. The minimum absolute atomic E-state index is 0.0729. The van der Waals surface area contributed by atoms with E-state index in [1.54, 1.807) is 14.2 Å². The van der Waals surface area contributed by atoms with Crippen molar-refractivity contribution in [2.75, 3.05) is 20.8 Å². The van der Waals surface area contributed by atoms with E-state index >= 15 is 0 Å². The van der Waals surface area contributed by atoms with Crippen LogP contribution in [0, 0.1) is 6.92 Å². The van der Waals surface area contributed by atoms with E-state index in [0.29, 0.717) is 6.54 Å². The van der Waals surface area contributed by atoms with Crippen LogP contribution in [0.2, 0.25) is 0 Å².